The van der Waals surface area contributed by atoms with Crippen LogP contribution in [0.25, 0.3) is 5.57 Å². The molecule has 1 aromatic carbocycles. The summed E-state index contributed by atoms with van der Waals surface area (Å²) in [7, 11) is 0. The van der Waals surface area contributed by atoms with Crippen LogP contribution in [0.5, 0.6) is 0 Å². The summed E-state index contributed by atoms with van der Waals surface area (Å²) >= 11 is 0. The topological polar surface area (TPSA) is 58.0 Å². The molecule has 0 fully saturated rings. The molecule has 1 atom stereocenters. The van der Waals surface area contributed by atoms with Crippen molar-refractivity contribution in [2.45, 2.75) is 18.9 Å². The average Bonchev–Trinajstić information content (AvgIpc) is 2.55. The Morgan fingerprint density at radius 2 is 1.92 bits per heavy atom. The van der Waals surface area contributed by atoms with Crippen LogP contribution in [0, 0.1) is 11.6 Å². The van der Waals surface area contributed by atoms with Crippen LogP contribution in [-0.2, 0) is 5.60 Å². The van der Waals surface area contributed by atoms with Crippen molar-refractivity contribution < 1.29 is 13.9 Å². The fourth-order valence-electron chi connectivity index (χ4n) is 2.61. The second-order valence-corrected chi connectivity index (χ2v) is 5.68. The number of aliphatic hydroxyl groups is 1. The molecule has 0 saturated carbocycles. The molecule has 1 aromatic heterocycles. The number of hydrogen-bond acceptors (Lipinski definition) is 4. The zero-order valence-electron chi connectivity index (χ0n) is 13.1. The number of aromatic nitrogens is 2. The molecule has 0 bridgehead atoms. The third kappa shape index (κ3) is 3.61. The Labute approximate surface area is 145 Å². The van der Waals surface area contributed by atoms with Crippen LogP contribution in [0.1, 0.15) is 30.3 Å². The third-order valence-electron chi connectivity index (χ3n) is 4.02. The highest BCUT2D eigenvalue weighted by Gasteiger charge is 2.30. The number of hydrogen-bond donors (Lipinski definition) is 2. The quantitative estimate of drug-likeness (QED) is 0.891. The van der Waals surface area contributed by atoms with Crippen molar-refractivity contribution >= 4 is 18.0 Å². The molecule has 24 heavy (non-hydrogen) atoms. The summed E-state index contributed by atoms with van der Waals surface area (Å²) in [5, 5.41) is 13.9. The Hall–Kier alpha value is -1.89. The lowest BCUT2D eigenvalue weighted by Gasteiger charge is -2.24. The van der Waals surface area contributed by atoms with E-state index in [-0.39, 0.29) is 18.0 Å². The molecule has 0 amide bonds. The van der Waals surface area contributed by atoms with Crippen LogP contribution >= 0.6 is 12.4 Å². The fraction of sp³-hybridized carbons (Fsp3) is 0.294. The van der Waals surface area contributed by atoms with Crippen molar-refractivity contribution in [1.82, 2.24) is 15.3 Å². The second-order valence-electron chi connectivity index (χ2n) is 5.68. The van der Waals surface area contributed by atoms with Crippen molar-refractivity contribution in [2.24, 2.45) is 0 Å². The van der Waals surface area contributed by atoms with Gasteiger partial charge in [-0.15, -0.1) is 12.4 Å². The molecule has 3 rings (SSSR count). The van der Waals surface area contributed by atoms with Gasteiger partial charge in [-0.25, -0.2) is 18.7 Å². The van der Waals surface area contributed by atoms with E-state index in [0.29, 0.717) is 11.4 Å². The summed E-state index contributed by atoms with van der Waals surface area (Å²) in [6, 6.07) is 3.09. The zero-order valence-corrected chi connectivity index (χ0v) is 13.9. The minimum atomic E-state index is -1.64. The van der Waals surface area contributed by atoms with E-state index >= 15 is 0 Å². The first-order valence-electron chi connectivity index (χ1n) is 7.39. The van der Waals surface area contributed by atoms with Gasteiger partial charge < -0.3 is 10.4 Å². The lowest BCUT2D eigenvalue weighted by molar-refractivity contribution is 0.0970. The Bertz CT molecular complexity index is 748. The summed E-state index contributed by atoms with van der Waals surface area (Å²) in [5.41, 5.74) is -0.265. The van der Waals surface area contributed by atoms with E-state index in [2.05, 4.69) is 15.3 Å². The van der Waals surface area contributed by atoms with Crippen LogP contribution in [0.2, 0.25) is 0 Å². The summed E-state index contributed by atoms with van der Waals surface area (Å²) < 4.78 is 27.0. The van der Waals surface area contributed by atoms with Gasteiger partial charge in [0.15, 0.2) is 5.82 Å². The number of benzene rings is 1. The van der Waals surface area contributed by atoms with Crippen LogP contribution in [-0.4, -0.2) is 28.2 Å². The fourth-order valence-corrected chi connectivity index (χ4v) is 2.61. The van der Waals surface area contributed by atoms with Gasteiger partial charge in [-0.2, -0.15) is 0 Å². The van der Waals surface area contributed by atoms with Crippen molar-refractivity contribution in [2.75, 3.05) is 13.1 Å². The highest BCUT2D eigenvalue weighted by atomic mass is 35.5. The maximum Gasteiger partial charge on any atom is 0.154 e. The zero-order chi connectivity index (χ0) is 16.4. The van der Waals surface area contributed by atoms with E-state index in [1.54, 1.807) is 0 Å². The summed E-state index contributed by atoms with van der Waals surface area (Å²) in [6.07, 6.45) is 5.82. The van der Waals surface area contributed by atoms with Crippen molar-refractivity contribution in [3.63, 3.8) is 0 Å². The SMILES string of the molecule is C[C@@](O)(c1cnc(C2=CCNCC2)nc1)c1ccc(F)cc1F.Cl. The molecule has 1 aliphatic rings. The number of rotatable bonds is 3. The first kappa shape index (κ1) is 18.4. The van der Waals surface area contributed by atoms with Gasteiger partial charge in [0.1, 0.15) is 17.2 Å². The van der Waals surface area contributed by atoms with Crippen LogP contribution in [0.15, 0.2) is 36.7 Å². The van der Waals surface area contributed by atoms with Crippen LogP contribution in [0.3, 0.4) is 0 Å². The number of nitrogens with one attached hydrogen (secondary N) is 1. The standard InChI is InChI=1S/C17H17F2N3O.ClH/c1-17(23,14-3-2-13(18)8-15(14)19)12-9-21-16(22-10-12)11-4-6-20-7-5-11;/h2-4,8-10,20,23H,5-7H2,1H3;1H/t17-;/m1./s1. The largest absolute Gasteiger partial charge is 0.380 e. The Kier molecular flexibility index (Phi) is 5.64. The molecule has 0 saturated heterocycles. The molecule has 4 nitrogen and oxygen atoms in total. The highest BCUT2D eigenvalue weighted by molar-refractivity contribution is 5.85. The van der Waals surface area contributed by atoms with Gasteiger partial charge in [0.05, 0.1) is 0 Å². The molecular formula is C17H18ClF2N3O. The van der Waals surface area contributed by atoms with Gasteiger partial charge in [0.25, 0.3) is 0 Å². The molecule has 0 spiro atoms. The normalized spacial score (nSPS) is 16.8. The van der Waals surface area contributed by atoms with Crippen molar-refractivity contribution in [1.29, 1.82) is 0 Å². The minimum absolute atomic E-state index is 0. The third-order valence-corrected chi connectivity index (χ3v) is 4.02. The Morgan fingerprint density at radius 1 is 1.21 bits per heavy atom. The lowest BCUT2D eigenvalue weighted by atomic mass is 9.89. The smallest absolute Gasteiger partial charge is 0.154 e. The van der Waals surface area contributed by atoms with E-state index in [1.807, 2.05) is 6.08 Å². The van der Waals surface area contributed by atoms with E-state index in [4.69, 9.17) is 0 Å². The molecule has 0 unspecified atom stereocenters. The van der Waals surface area contributed by atoms with Gasteiger partial charge in [-0.3, -0.25) is 0 Å². The summed E-state index contributed by atoms with van der Waals surface area (Å²) in [5.74, 6) is -0.891. The second kappa shape index (κ2) is 7.34. The van der Waals surface area contributed by atoms with E-state index < -0.39 is 17.2 Å². The Balaban J connectivity index is 0.00000208. The van der Waals surface area contributed by atoms with Gasteiger partial charge in [0.2, 0.25) is 0 Å². The molecule has 7 heteroatoms. The maximum absolute atomic E-state index is 13.9. The molecular weight excluding hydrogens is 336 g/mol. The molecule has 128 valence electrons. The molecule has 0 aliphatic carbocycles. The lowest BCUT2D eigenvalue weighted by Crippen LogP contribution is -2.25. The molecule has 1 aliphatic heterocycles. The van der Waals surface area contributed by atoms with Crippen molar-refractivity contribution in [3.8, 4) is 0 Å². The maximum atomic E-state index is 13.9. The summed E-state index contributed by atoms with van der Waals surface area (Å²) in [4.78, 5) is 8.56. The van der Waals surface area contributed by atoms with Gasteiger partial charge >= 0.3 is 0 Å². The first-order valence-corrected chi connectivity index (χ1v) is 7.39. The van der Waals surface area contributed by atoms with Crippen molar-refractivity contribution in [3.05, 3.63) is 65.3 Å². The molecule has 0 radical (unpaired) electrons. The van der Waals surface area contributed by atoms with E-state index in [0.717, 1.165) is 37.2 Å². The van der Waals surface area contributed by atoms with Crippen LogP contribution in [0.4, 0.5) is 8.78 Å². The predicted octanol–water partition coefficient (Wildman–Crippen LogP) is 2.81. The Morgan fingerprint density at radius 3 is 2.50 bits per heavy atom. The predicted molar refractivity (Wildman–Crippen MR) is 89.8 cm³/mol. The monoisotopic (exact) mass is 353 g/mol. The van der Waals surface area contributed by atoms with E-state index in [1.165, 1.54) is 25.4 Å². The average molecular weight is 354 g/mol. The van der Waals surface area contributed by atoms with E-state index in [9.17, 15) is 13.9 Å². The van der Waals surface area contributed by atoms with Gasteiger partial charge in [-0.05, 0) is 37.6 Å². The first-order chi connectivity index (χ1) is 11.0. The molecule has 2 aromatic rings. The van der Waals surface area contributed by atoms with Gasteiger partial charge in [0, 0.05) is 36.1 Å². The number of halogens is 3. The minimum Gasteiger partial charge on any atom is -0.380 e. The number of nitrogens with zero attached hydrogens (tertiary/aromatic N) is 2. The molecule has 2 heterocycles. The van der Waals surface area contributed by atoms with Gasteiger partial charge in [-0.1, -0.05) is 6.08 Å². The summed E-state index contributed by atoms with van der Waals surface area (Å²) in [6.45, 7) is 3.08. The van der Waals surface area contributed by atoms with Crippen LogP contribution < -0.4 is 5.32 Å². The highest BCUT2D eigenvalue weighted by Crippen LogP contribution is 2.31. The molecule has 2 N–H and O–H groups in total.